The molecule has 0 unspecified atom stereocenters. The fourth-order valence-electron chi connectivity index (χ4n) is 3.35. The van der Waals surface area contributed by atoms with Crippen LogP contribution in [0.5, 0.6) is 0 Å². The Balaban J connectivity index is 1.74. The Morgan fingerprint density at radius 2 is 1.88 bits per heavy atom. The van der Waals surface area contributed by atoms with E-state index in [0.717, 1.165) is 18.7 Å². The predicted molar refractivity (Wildman–Crippen MR) is 88.9 cm³/mol. The number of piperidine rings is 1. The summed E-state index contributed by atoms with van der Waals surface area (Å²) in [5, 5.41) is 8.50. The molecule has 0 bridgehead atoms. The minimum absolute atomic E-state index is 0.00993. The Morgan fingerprint density at radius 1 is 1.21 bits per heavy atom. The molecular weight excluding hydrogens is 308 g/mol. The first-order valence-electron chi connectivity index (χ1n) is 8.33. The van der Waals surface area contributed by atoms with Crippen molar-refractivity contribution in [2.45, 2.75) is 38.6 Å². The number of hydrogen-bond acceptors (Lipinski definition) is 4. The number of hydrogen-bond donors (Lipinski definition) is 0. The van der Waals surface area contributed by atoms with Gasteiger partial charge in [0.25, 0.3) is 5.91 Å². The second kappa shape index (κ2) is 6.26. The van der Waals surface area contributed by atoms with Crippen molar-refractivity contribution in [3.63, 3.8) is 0 Å². The summed E-state index contributed by atoms with van der Waals surface area (Å²) in [4.78, 5) is 26.6. The molecule has 0 radical (unpaired) electrons. The van der Waals surface area contributed by atoms with Gasteiger partial charge in [0.2, 0.25) is 0 Å². The van der Waals surface area contributed by atoms with E-state index in [2.05, 4.69) is 10.2 Å². The molecule has 1 aliphatic heterocycles. The highest BCUT2D eigenvalue weighted by molar-refractivity contribution is 5.92. The van der Waals surface area contributed by atoms with Crippen molar-refractivity contribution in [3.05, 3.63) is 34.3 Å². The molecule has 0 N–H and O–H groups in total. The van der Waals surface area contributed by atoms with E-state index in [1.54, 1.807) is 35.6 Å². The van der Waals surface area contributed by atoms with Crippen LogP contribution in [0.2, 0.25) is 0 Å². The van der Waals surface area contributed by atoms with Gasteiger partial charge in [0.1, 0.15) is 11.5 Å². The Hall–Kier alpha value is -2.38. The van der Waals surface area contributed by atoms with Crippen LogP contribution < -0.4 is 5.69 Å². The average Bonchev–Trinajstić information content (AvgIpc) is 3.11. The van der Waals surface area contributed by atoms with Gasteiger partial charge in [-0.2, -0.15) is 10.2 Å². The van der Waals surface area contributed by atoms with Crippen molar-refractivity contribution in [2.75, 3.05) is 13.1 Å². The highest BCUT2D eigenvalue weighted by Crippen LogP contribution is 2.28. The summed E-state index contributed by atoms with van der Waals surface area (Å²) in [5.74, 6) is 1.05. The molecule has 0 saturated carbocycles. The van der Waals surface area contributed by atoms with Crippen LogP contribution in [0.15, 0.2) is 17.1 Å². The fourth-order valence-corrected chi connectivity index (χ4v) is 3.35. The molecule has 8 nitrogen and oxygen atoms in total. The SMILES string of the molecule is CC(C)n1c(C2CCN(C(=O)c3ccnn3C)CC2)nn(C)c1=O. The van der Waals surface area contributed by atoms with Crippen molar-refractivity contribution >= 4 is 5.91 Å². The van der Waals surface area contributed by atoms with E-state index in [0.29, 0.717) is 18.8 Å². The second-order valence-electron chi connectivity index (χ2n) is 6.63. The first-order chi connectivity index (χ1) is 11.4. The summed E-state index contributed by atoms with van der Waals surface area (Å²) in [7, 11) is 3.46. The molecule has 24 heavy (non-hydrogen) atoms. The number of carbonyl (C=O) groups is 1. The van der Waals surface area contributed by atoms with Crippen LogP contribution in [-0.2, 0) is 14.1 Å². The smallest absolute Gasteiger partial charge is 0.337 e. The summed E-state index contributed by atoms with van der Waals surface area (Å²) in [5.41, 5.74) is 0.527. The molecule has 0 spiro atoms. The average molecular weight is 332 g/mol. The molecule has 2 aromatic heterocycles. The van der Waals surface area contributed by atoms with Crippen molar-refractivity contribution in [3.8, 4) is 0 Å². The van der Waals surface area contributed by atoms with E-state index in [-0.39, 0.29) is 23.6 Å². The van der Waals surface area contributed by atoms with Gasteiger partial charge in [-0.25, -0.2) is 9.48 Å². The van der Waals surface area contributed by atoms with E-state index in [1.165, 1.54) is 4.68 Å². The van der Waals surface area contributed by atoms with Crippen molar-refractivity contribution in [1.29, 1.82) is 0 Å². The monoisotopic (exact) mass is 332 g/mol. The number of likely N-dealkylation sites (tertiary alicyclic amines) is 1. The first kappa shape index (κ1) is 16.5. The lowest BCUT2D eigenvalue weighted by Crippen LogP contribution is -2.39. The number of carbonyl (C=O) groups excluding carboxylic acids is 1. The number of rotatable bonds is 3. The van der Waals surface area contributed by atoms with Gasteiger partial charge in [-0.15, -0.1) is 0 Å². The van der Waals surface area contributed by atoms with Crippen molar-refractivity contribution in [1.82, 2.24) is 29.0 Å². The van der Waals surface area contributed by atoms with Gasteiger partial charge in [-0.1, -0.05) is 0 Å². The topological polar surface area (TPSA) is 78.0 Å². The van der Waals surface area contributed by atoms with Gasteiger partial charge >= 0.3 is 5.69 Å². The van der Waals surface area contributed by atoms with Crippen LogP contribution in [0, 0.1) is 0 Å². The molecule has 3 rings (SSSR count). The molecule has 2 aromatic rings. The molecule has 0 aromatic carbocycles. The van der Waals surface area contributed by atoms with E-state index in [1.807, 2.05) is 18.7 Å². The number of amides is 1. The molecule has 1 amide bonds. The van der Waals surface area contributed by atoms with E-state index in [4.69, 9.17) is 0 Å². The molecule has 8 heteroatoms. The lowest BCUT2D eigenvalue weighted by molar-refractivity contribution is 0.0698. The zero-order valence-corrected chi connectivity index (χ0v) is 14.6. The summed E-state index contributed by atoms with van der Waals surface area (Å²) < 4.78 is 4.77. The van der Waals surface area contributed by atoms with Gasteiger partial charge in [0.05, 0.1) is 0 Å². The van der Waals surface area contributed by atoms with Gasteiger partial charge < -0.3 is 4.90 Å². The van der Waals surface area contributed by atoms with Crippen LogP contribution in [-0.4, -0.2) is 48.0 Å². The largest absolute Gasteiger partial charge is 0.345 e. The van der Waals surface area contributed by atoms with Crippen LogP contribution >= 0.6 is 0 Å². The highest BCUT2D eigenvalue weighted by atomic mass is 16.2. The molecule has 0 aliphatic carbocycles. The van der Waals surface area contributed by atoms with Gasteiger partial charge in [0, 0.05) is 45.3 Å². The zero-order chi connectivity index (χ0) is 17.4. The van der Waals surface area contributed by atoms with Crippen LogP contribution in [0.3, 0.4) is 0 Å². The van der Waals surface area contributed by atoms with Crippen LogP contribution in [0.1, 0.15) is 55.0 Å². The third kappa shape index (κ3) is 2.76. The maximum absolute atomic E-state index is 12.5. The fraction of sp³-hybridized carbons (Fsp3) is 0.625. The summed E-state index contributed by atoms with van der Waals surface area (Å²) in [6, 6.07) is 1.82. The molecule has 130 valence electrons. The van der Waals surface area contributed by atoms with E-state index in [9.17, 15) is 9.59 Å². The van der Waals surface area contributed by atoms with Crippen LogP contribution in [0.25, 0.3) is 0 Å². The normalized spacial score (nSPS) is 16.1. The Kier molecular flexibility index (Phi) is 4.29. The molecule has 0 atom stereocenters. The molecular formula is C16H24N6O2. The summed E-state index contributed by atoms with van der Waals surface area (Å²) in [6.07, 6.45) is 3.26. The minimum atomic E-state index is -0.0756. The van der Waals surface area contributed by atoms with Crippen molar-refractivity contribution in [2.24, 2.45) is 14.1 Å². The number of nitrogens with zero attached hydrogens (tertiary/aromatic N) is 6. The zero-order valence-electron chi connectivity index (χ0n) is 14.6. The number of aryl methyl sites for hydroxylation is 2. The van der Waals surface area contributed by atoms with Gasteiger partial charge in [-0.3, -0.25) is 14.0 Å². The van der Waals surface area contributed by atoms with Crippen LogP contribution in [0.4, 0.5) is 0 Å². The lowest BCUT2D eigenvalue weighted by atomic mass is 9.95. The van der Waals surface area contributed by atoms with Gasteiger partial charge in [-0.05, 0) is 32.8 Å². The molecule has 1 aliphatic rings. The summed E-state index contributed by atoms with van der Waals surface area (Å²) >= 11 is 0. The van der Waals surface area contributed by atoms with Crippen molar-refractivity contribution < 1.29 is 4.79 Å². The first-order valence-corrected chi connectivity index (χ1v) is 8.33. The Morgan fingerprint density at radius 3 is 2.42 bits per heavy atom. The third-order valence-corrected chi connectivity index (χ3v) is 4.69. The number of aromatic nitrogens is 5. The maximum atomic E-state index is 12.5. The lowest BCUT2D eigenvalue weighted by Gasteiger charge is -2.31. The highest BCUT2D eigenvalue weighted by Gasteiger charge is 2.29. The quantitative estimate of drug-likeness (QED) is 0.837. The Bertz CT molecular complexity index is 792. The molecule has 1 fully saturated rings. The third-order valence-electron chi connectivity index (χ3n) is 4.69. The molecule has 3 heterocycles. The predicted octanol–water partition coefficient (Wildman–Crippen LogP) is 0.916. The van der Waals surface area contributed by atoms with E-state index >= 15 is 0 Å². The molecule has 1 saturated heterocycles. The minimum Gasteiger partial charge on any atom is -0.337 e. The summed E-state index contributed by atoms with van der Waals surface area (Å²) in [6.45, 7) is 5.32. The standard InChI is InChI=1S/C16H24N6O2/c1-11(2)22-14(18-20(4)16(22)24)12-6-9-21(10-7-12)15(23)13-5-8-17-19(13)3/h5,8,11-12H,6-7,9-10H2,1-4H3. The second-order valence-corrected chi connectivity index (χ2v) is 6.63. The Labute approximate surface area is 140 Å². The van der Waals surface area contributed by atoms with Gasteiger partial charge in [0.15, 0.2) is 0 Å². The van der Waals surface area contributed by atoms with E-state index < -0.39 is 0 Å². The maximum Gasteiger partial charge on any atom is 0.345 e.